The highest BCUT2D eigenvalue weighted by atomic mass is 32.2. The molecule has 0 radical (unpaired) electrons. The van der Waals surface area contributed by atoms with Gasteiger partial charge in [-0.15, -0.1) is 0 Å². The van der Waals surface area contributed by atoms with Crippen LogP contribution in [0, 0.1) is 0 Å². The number of thioether (sulfide) groups is 1. The summed E-state index contributed by atoms with van der Waals surface area (Å²) in [5.74, 6) is 1.23. The van der Waals surface area contributed by atoms with Gasteiger partial charge in [0.25, 0.3) is 0 Å². The van der Waals surface area contributed by atoms with Gasteiger partial charge in [-0.1, -0.05) is 18.2 Å². The molecule has 2 atom stereocenters. The topological polar surface area (TPSA) is 106 Å². The highest BCUT2D eigenvalue weighted by molar-refractivity contribution is 7.98. The minimum atomic E-state index is -0.705. The lowest BCUT2D eigenvalue weighted by atomic mass is 10.1. The number of ether oxygens (including phenoxy) is 1. The number of nitrogens with one attached hydrogen (secondary N) is 2. The SMILES string of the molecule is CSCCC(NC(N)=O)C(=O)NC(C)c1ccc(OCc2cccnc2)cc1. The monoisotopic (exact) mass is 402 g/mol. The van der Waals surface area contributed by atoms with E-state index in [9.17, 15) is 9.59 Å². The molecule has 0 aliphatic rings. The highest BCUT2D eigenvalue weighted by Gasteiger charge is 2.21. The number of rotatable bonds is 10. The van der Waals surface area contributed by atoms with Gasteiger partial charge in [0.15, 0.2) is 0 Å². The van der Waals surface area contributed by atoms with Crippen molar-refractivity contribution in [1.82, 2.24) is 15.6 Å². The van der Waals surface area contributed by atoms with Crippen LogP contribution in [0.25, 0.3) is 0 Å². The number of carbonyl (C=O) groups is 2. The van der Waals surface area contributed by atoms with Gasteiger partial charge in [0.05, 0.1) is 6.04 Å². The second kappa shape index (κ2) is 11.2. The van der Waals surface area contributed by atoms with Crippen LogP contribution in [0.3, 0.4) is 0 Å². The summed E-state index contributed by atoms with van der Waals surface area (Å²) < 4.78 is 5.74. The zero-order chi connectivity index (χ0) is 20.4. The molecule has 0 bridgehead atoms. The molecule has 0 saturated heterocycles. The molecule has 0 aliphatic carbocycles. The molecule has 7 nitrogen and oxygen atoms in total. The number of benzene rings is 1. The maximum Gasteiger partial charge on any atom is 0.312 e. The Labute approximate surface area is 169 Å². The van der Waals surface area contributed by atoms with Crippen LogP contribution in [0.5, 0.6) is 5.75 Å². The van der Waals surface area contributed by atoms with Crippen molar-refractivity contribution in [3.8, 4) is 5.75 Å². The largest absolute Gasteiger partial charge is 0.489 e. The summed E-state index contributed by atoms with van der Waals surface area (Å²) in [5.41, 5.74) is 7.10. The van der Waals surface area contributed by atoms with E-state index in [1.165, 1.54) is 0 Å². The Morgan fingerprint density at radius 2 is 1.96 bits per heavy atom. The molecule has 1 aromatic heterocycles. The molecular weight excluding hydrogens is 376 g/mol. The maximum absolute atomic E-state index is 12.5. The van der Waals surface area contributed by atoms with Gasteiger partial charge >= 0.3 is 6.03 Å². The Bertz CT molecular complexity index is 756. The van der Waals surface area contributed by atoms with Crippen molar-refractivity contribution < 1.29 is 14.3 Å². The Morgan fingerprint density at radius 3 is 2.57 bits per heavy atom. The fourth-order valence-electron chi connectivity index (χ4n) is 2.58. The number of primary amides is 1. The minimum absolute atomic E-state index is 0.216. The second-order valence-electron chi connectivity index (χ2n) is 6.29. The van der Waals surface area contributed by atoms with Crippen molar-refractivity contribution in [2.45, 2.75) is 32.0 Å². The zero-order valence-electron chi connectivity index (χ0n) is 16.1. The summed E-state index contributed by atoms with van der Waals surface area (Å²) in [7, 11) is 0. The van der Waals surface area contributed by atoms with Crippen molar-refractivity contribution in [3.05, 3.63) is 59.9 Å². The first-order valence-corrected chi connectivity index (χ1v) is 10.4. The summed E-state index contributed by atoms with van der Waals surface area (Å²) in [5, 5.41) is 5.42. The predicted molar refractivity (Wildman–Crippen MR) is 111 cm³/mol. The molecule has 3 amide bonds. The van der Waals surface area contributed by atoms with Crippen molar-refractivity contribution in [3.63, 3.8) is 0 Å². The quantitative estimate of drug-likeness (QED) is 0.566. The van der Waals surface area contributed by atoms with E-state index in [0.29, 0.717) is 13.0 Å². The lowest BCUT2D eigenvalue weighted by Crippen LogP contribution is -2.49. The van der Waals surface area contributed by atoms with E-state index in [1.807, 2.05) is 49.6 Å². The summed E-state index contributed by atoms with van der Waals surface area (Å²) in [6.07, 6.45) is 5.95. The van der Waals surface area contributed by atoms with E-state index in [1.54, 1.807) is 24.2 Å². The van der Waals surface area contributed by atoms with Gasteiger partial charge in [-0.25, -0.2) is 4.79 Å². The van der Waals surface area contributed by atoms with E-state index in [-0.39, 0.29) is 11.9 Å². The average Bonchev–Trinajstić information content (AvgIpc) is 2.70. The molecule has 150 valence electrons. The number of urea groups is 1. The number of aromatic nitrogens is 1. The van der Waals surface area contributed by atoms with Crippen LogP contribution in [0.15, 0.2) is 48.8 Å². The molecule has 2 aromatic rings. The maximum atomic E-state index is 12.5. The van der Waals surface area contributed by atoms with Crippen LogP contribution >= 0.6 is 11.8 Å². The third-order valence-electron chi connectivity index (χ3n) is 4.11. The van der Waals surface area contributed by atoms with E-state index in [2.05, 4.69) is 15.6 Å². The Kier molecular flexibility index (Phi) is 8.61. The average molecular weight is 403 g/mol. The molecule has 0 fully saturated rings. The predicted octanol–water partition coefficient (Wildman–Crippen LogP) is 2.63. The van der Waals surface area contributed by atoms with E-state index in [0.717, 1.165) is 22.6 Å². The van der Waals surface area contributed by atoms with E-state index < -0.39 is 12.1 Å². The highest BCUT2D eigenvalue weighted by Crippen LogP contribution is 2.19. The molecule has 0 saturated carbocycles. The molecular formula is C20H26N4O3S. The summed E-state index contributed by atoms with van der Waals surface area (Å²) in [6.45, 7) is 2.33. The lowest BCUT2D eigenvalue weighted by Gasteiger charge is -2.21. The molecule has 8 heteroatoms. The molecule has 1 heterocycles. The van der Waals surface area contributed by atoms with Crippen molar-refractivity contribution in [2.75, 3.05) is 12.0 Å². The Hall–Kier alpha value is -2.74. The number of carbonyl (C=O) groups excluding carboxylic acids is 2. The van der Waals surface area contributed by atoms with Crippen LogP contribution in [-0.4, -0.2) is 35.0 Å². The van der Waals surface area contributed by atoms with Crippen molar-refractivity contribution in [2.24, 2.45) is 5.73 Å². The normalized spacial score (nSPS) is 12.6. The van der Waals surface area contributed by atoms with Gasteiger partial charge in [-0.05, 0) is 49.1 Å². The first kappa shape index (κ1) is 21.6. The van der Waals surface area contributed by atoms with Crippen molar-refractivity contribution >= 4 is 23.7 Å². The Balaban J connectivity index is 1.90. The summed E-state index contributed by atoms with van der Waals surface area (Å²) in [4.78, 5) is 27.7. The van der Waals surface area contributed by atoms with Crippen molar-refractivity contribution in [1.29, 1.82) is 0 Å². The molecule has 1 aromatic carbocycles. The molecule has 0 spiro atoms. The fraction of sp³-hybridized carbons (Fsp3) is 0.350. The van der Waals surface area contributed by atoms with Gasteiger partial charge in [0.1, 0.15) is 18.4 Å². The number of hydrogen-bond donors (Lipinski definition) is 3. The third-order valence-corrected chi connectivity index (χ3v) is 4.75. The van der Waals surface area contributed by atoms with Crippen LogP contribution in [-0.2, 0) is 11.4 Å². The molecule has 2 unspecified atom stereocenters. The van der Waals surface area contributed by atoms with Gasteiger partial charge in [-0.3, -0.25) is 9.78 Å². The number of nitrogens with two attached hydrogens (primary N) is 1. The summed E-state index contributed by atoms with van der Waals surface area (Å²) in [6, 6.07) is 9.79. The number of pyridine rings is 1. The lowest BCUT2D eigenvalue weighted by molar-refractivity contribution is -0.123. The van der Waals surface area contributed by atoms with Gasteiger partial charge in [0, 0.05) is 18.0 Å². The van der Waals surface area contributed by atoms with Crippen LogP contribution in [0.1, 0.15) is 30.5 Å². The molecule has 4 N–H and O–H groups in total. The van der Waals surface area contributed by atoms with Crippen LogP contribution in [0.2, 0.25) is 0 Å². The fourth-order valence-corrected chi connectivity index (χ4v) is 3.05. The number of amides is 3. The third kappa shape index (κ3) is 7.11. The van der Waals surface area contributed by atoms with E-state index >= 15 is 0 Å². The summed E-state index contributed by atoms with van der Waals surface area (Å²) >= 11 is 1.60. The van der Waals surface area contributed by atoms with Gasteiger partial charge in [0.2, 0.25) is 5.91 Å². The van der Waals surface area contributed by atoms with Gasteiger partial charge in [-0.2, -0.15) is 11.8 Å². The molecule has 0 aliphatic heterocycles. The van der Waals surface area contributed by atoms with Crippen LogP contribution < -0.4 is 21.1 Å². The Morgan fingerprint density at radius 1 is 1.21 bits per heavy atom. The molecule has 2 rings (SSSR count). The van der Waals surface area contributed by atoms with Gasteiger partial charge < -0.3 is 21.1 Å². The zero-order valence-corrected chi connectivity index (χ0v) is 16.9. The standard InChI is InChI=1S/C20H26N4O3S/c1-14(23-19(25)18(9-11-28-2)24-20(21)26)16-5-7-17(8-6-16)27-13-15-4-3-10-22-12-15/h3-8,10,12,14,18H,9,11,13H2,1-2H3,(H,23,25)(H3,21,24,26). The number of hydrogen-bond acceptors (Lipinski definition) is 5. The first-order chi connectivity index (χ1) is 13.5. The smallest absolute Gasteiger partial charge is 0.312 e. The minimum Gasteiger partial charge on any atom is -0.489 e. The van der Waals surface area contributed by atoms with E-state index in [4.69, 9.17) is 10.5 Å². The first-order valence-electron chi connectivity index (χ1n) is 8.96. The molecule has 28 heavy (non-hydrogen) atoms. The second-order valence-corrected chi connectivity index (χ2v) is 7.28. The van der Waals surface area contributed by atoms with Crippen LogP contribution in [0.4, 0.5) is 4.79 Å². The number of nitrogens with zero attached hydrogens (tertiary/aromatic N) is 1.